The first-order chi connectivity index (χ1) is 9.66. The Morgan fingerprint density at radius 2 is 2.10 bits per heavy atom. The topological polar surface area (TPSA) is 75.4 Å². The molecule has 1 saturated carbocycles. The highest BCUT2D eigenvalue weighted by Gasteiger charge is 2.34. The number of carbonyl (C=O) groups is 1. The minimum absolute atomic E-state index is 0.159. The zero-order chi connectivity index (χ0) is 14.0. The van der Waals surface area contributed by atoms with Crippen LogP contribution in [-0.2, 0) is 0 Å². The van der Waals surface area contributed by atoms with Gasteiger partial charge >= 0.3 is 0 Å². The molecule has 1 amide bonds. The number of carbonyl (C=O) groups excluding carboxylic acids is 1. The average Bonchev–Trinajstić information content (AvgIpc) is 2.93. The summed E-state index contributed by atoms with van der Waals surface area (Å²) in [4.78, 5) is 11.9. The normalized spacial score (nSPS) is 16.4. The fourth-order valence-corrected chi connectivity index (χ4v) is 2.22. The molecule has 3 rings (SSSR count). The Balaban J connectivity index is 1.66. The molecule has 5 nitrogen and oxygen atoms in total. The van der Waals surface area contributed by atoms with Crippen LogP contribution in [-0.4, -0.2) is 28.3 Å². The molecule has 0 saturated heterocycles. The molecular formula is C15H16N2O3. The summed E-state index contributed by atoms with van der Waals surface area (Å²) in [5.41, 5.74) is 0.781. The predicted octanol–water partition coefficient (Wildman–Crippen LogP) is 1.99. The summed E-state index contributed by atoms with van der Waals surface area (Å²) in [7, 11) is 0. The highest BCUT2D eigenvalue weighted by atomic mass is 16.5. The van der Waals surface area contributed by atoms with E-state index in [1.54, 1.807) is 6.07 Å². The molecule has 1 aromatic carbocycles. The molecule has 0 atom stereocenters. The molecule has 1 heterocycles. The Morgan fingerprint density at radius 3 is 2.75 bits per heavy atom. The van der Waals surface area contributed by atoms with Crippen molar-refractivity contribution >= 4 is 5.91 Å². The van der Waals surface area contributed by atoms with Gasteiger partial charge in [-0.3, -0.25) is 4.79 Å². The van der Waals surface area contributed by atoms with E-state index in [9.17, 15) is 9.90 Å². The van der Waals surface area contributed by atoms with Gasteiger partial charge in [-0.1, -0.05) is 35.5 Å². The van der Waals surface area contributed by atoms with Crippen molar-refractivity contribution in [2.24, 2.45) is 0 Å². The van der Waals surface area contributed by atoms with Crippen LogP contribution in [0, 0.1) is 0 Å². The molecule has 0 bridgehead atoms. The molecule has 1 fully saturated rings. The van der Waals surface area contributed by atoms with E-state index < -0.39 is 5.60 Å². The molecule has 0 radical (unpaired) electrons. The Labute approximate surface area is 116 Å². The van der Waals surface area contributed by atoms with Crippen LogP contribution in [0.2, 0.25) is 0 Å². The summed E-state index contributed by atoms with van der Waals surface area (Å²) in [6.07, 6.45) is 2.48. The quantitative estimate of drug-likeness (QED) is 0.892. The van der Waals surface area contributed by atoms with Crippen LogP contribution >= 0.6 is 0 Å². The lowest BCUT2D eigenvalue weighted by Crippen LogP contribution is -2.47. The Hall–Kier alpha value is -2.14. The lowest BCUT2D eigenvalue weighted by Gasteiger charge is -2.36. The van der Waals surface area contributed by atoms with Crippen LogP contribution in [0.15, 0.2) is 40.9 Å². The number of rotatable bonds is 4. The fourth-order valence-electron chi connectivity index (χ4n) is 2.22. The van der Waals surface area contributed by atoms with Crippen molar-refractivity contribution in [1.82, 2.24) is 10.5 Å². The smallest absolute Gasteiger partial charge is 0.290 e. The Kier molecular flexibility index (Phi) is 3.28. The molecule has 1 aliphatic rings. The van der Waals surface area contributed by atoms with Gasteiger partial charge < -0.3 is 14.9 Å². The van der Waals surface area contributed by atoms with Gasteiger partial charge in [-0.15, -0.1) is 0 Å². The monoisotopic (exact) mass is 272 g/mol. The van der Waals surface area contributed by atoms with Crippen molar-refractivity contribution < 1.29 is 14.4 Å². The van der Waals surface area contributed by atoms with E-state index in [2.05, 4.69) is 10.5 Å². The van der Waals surface area contributed by atoms with Crippen molar-refractivity contribution in [3.63, 3.8) is 0 Å². The van der Waals surface area contributed by atoms with Gasteiger partial charge in [-0.2, -0.15) is 0 Å². The number of hydrogen-bond donors (Lipinski definition) is 2. The largest absolute Gasteiger partial charge is 0.388 e. The minimum atomic E-state index is -0.738. The van der Waals surface area contributed by atoms with E-state index in [1.807, 2.05) is 30.3 Å². The number of benzene rings is 1. The molecule has 5 heteroatoms. The molecule has 0 aliphatic heterocycles. The van der Waals surface area contributed by atoms with Crippen LogP contribution in [0.1, 0.15) is 29.8 Å². The number of nitrogens with zero attached hydrogens (tertiary/aromatic N) is 1. The summed E-state index contributed by atoms with van der Waals surface area (Å²) in [6, 6.07) is 11.1. The van der Waals surface area contributed by atoms with Gasteiger partial charge in [-0.05, 0) is 19.3 Å². The van der Waals surface area contributed by atoms with Gasteiger partial charge in [0.15, 0.2) is 0 Å². The van der Waals surface area contributed by atoms with E-state index in [4.69, 9.17) is 4.52 Å². The van der Waals surface area contributed by atoms with Gasteiger partial charge in [0.1, 0.15) is 5.69 Å². The molecular weight excluding hydrogens is 256 g/mol. The second-order valence-corrected chi connectivity index (χ2v) is 5.20. The zero-order valence-corrected chi connectivity index (χ0v) is 11.0. The highest BCUT2D eigenvalue weighted by Crippen LogP contribution is 2.30. The Bertz CT molecular complexity index is 603. The summed E-state index contributed by atoms with van der Waals surface area (Å²) >= 11 is 0. The first-order valence-corrected chi connectivity index (χ1v) is 6.69. The van der Waals surface area contributed by atoms with Gasteiger partial charge in [0.2, 0.25) is 5.76 Å². The van der Waals surface area contributed by atoms with Crippen molar-refractivity contribution in [2.45, 2.75) is 24.9 Å². The van der Waals surface area contributed by atoms with E-state index in [0.717, 1.165) is 24.8 Å². The standard InChI is InChI=1S/C15H16N2O3/c18-14(16-10-15(19)7-4-8-15)13-9-12(17-20-13)11-5-2-1-3-6-11/h1-3,5-6,9,19H,4,7-8,10H2,(H,16,18). The molecule has 104 valence electrons. The zero-order valence-electron chi connectivity index (χ0n) is 11.0. The number of amides is 1. The average molecular weight is 272 g/mol. The van der Waals surface area contributed by atoms with Crippen LogP contribution in [0.5, 0.6) is 0 Å². The number of aromatic nitrogens is 1. The SMILES string of the molecule is O=C(NCC1(O)CCC1)c1cc(-c2ccccc2)no1. The summed E-state index contributed by atoms with van der Waals surface area (Å²) in [5.74, 6) is -0.188. The third kappa shape index (κ3) is 2.58. The maximum Gasteiger partial charge on any atom is 0.290 e. The van der Waals surface area contributed by atoms with Crippen LogP contribution < -0.4 is 5.32 Å². The number of aliphatic hydroxyl groups is 1. The van der Waals surface area contributed by atoms with Gasteiger partial charge in [0, 0.05) is 18.2 Å². The lowest BCUT2D eigenvalue weighted by atomic mass is 9.80. The highest BCUT2D eigenvalue weighted by molar-refractivity contribution is 5.92. The molecule has 2 N–H and O–H groups in total. The van der Waals surface area contributed by atoms with E-state index in [1.165, 1.54) is 0 Å². The van der Waals surface area contributed by atoms with Crippen LogP contribution in [0.25, 0.3) is 11.3 Å². The molecule has 0 spiro atoms. The maximum absolute atomic E-state index is 11.9. The summed E-state index contributed by atoms with van der Waals surface area (Å²) in [5, 5.41) is 16.5. The van der Waals surface area contributed by atoms with Gasteiger partial charge in [0.25, 0.3) is 5.91 Å². The molecule has 0 unspecified atom stereocenters. The second kappa shape index (κ2) is 5.09. The third-order valence-corrected chi connectivity index (χ3v) is 3.67. The number of hydrogen-bond acceptors (Lipinski definition) is 4. The Morgan fingerprint density at radius 1 is 1.35 bits per heavy atom. The molecule has 20 heavy (non-hydrogen) atoms. The first kappa shape index (κ1) is 12.9. The first-order valence-electron chi connectivity index (χ1n) is 6.69. The van der Waals surface area contributed by atoms with Crippen molar-refractivity contribution in [3.8, 4) is 11.3 Å². The summed E-state index contributed by atoms with van der Waals surface area (Å²) < 4.78 is 5.05. The molecule has 2 aromatic rings. The molecule has 1 aliphatic carbocycles. The van der Waals surface area contributed by atoms with E-state index in [-0.39, 0.29) is 18.2 Å². The minimum Gasteiger partial charge on any atom is -0.388 e. The van der Waals surface area contributed by atoms with Crippen molar-refractivity contribution in [2.75, 3.05) is 6.54 Å². The lowest BCUT2D eigenvalue weighted by molar-refractivity contribution is -0.0302. The number of nitrogens with one attached hydrogen (secondary N) is 1. The van der Waals surface area contributed by atoms with Crippen LogP contribution in [0.3, 0.4) is 0 Å². The maximum atomic E-state index is 11.9. The fraction of sp³-hybridized carbons (Fsp3) is 0.333. The van der Waals surface area contributed by atoms with E-state index in [0.29, 0.717) is 5.69 Å². The third-order valence-electron chi connectivity index (χ3n) is 3.67. The van der Waals surface area contributed by atoms with Crippen LogP contribution in [0.4, 0.5) is 0 Å². The summed E-state index contributed by atoms with van der Waals surface area (Å²) in [6.45, 7) is 0.257. The van der Waals surface area contributed by atoms with Gasteiger partial charge in [-0.25, -0.2) is 0 Å². The van der Waals surface area contributed by atoms with Crippen molar-refractivity contribution in [1.29, 1.82) is 0 Å². The van der Waals surface area contributed by atoms with E-state index >= 15 is 0 Å². The van der Waals surface area contributed by atoms with Gasteiger partial charge in [0.05, 0.1) is 5.60 Å². The predicted molar refractivity (Wildman–Crippen MR) is 73.1 cm³/mol. The second-order valence-electron chi connectivity index (χ2n) is 5.20. The molecule has 1 aromatic heterocycles. The van der Waals surface area contributed by atoms with Crippen molar-refractivity contribution in [3.05, 3.63) is 42.2 Å².